The molecule has 4 heteroatoms. The van der Waals surface area contributed by atoms with E-state index in [1.807, 2.05) is 0 Å². The van der Waals surface area contributed by atoms with Gasteiger partial charge in [-0.25, -0.2) is 0 Å². The standard InChI is InChI=1S/C12H22N2O2/c1-2-7-16-8-3-4-12(15)14-11(9-13)10-5-6-10/h2,10-11H,1,3-9,13H2,(H,14,15). The van der Waals surface area contributed by atoms with Crippen LogP contribution in [0.3, 0.4) is 0 Å². The van der Waals surface area contributed by atoms with Gasteiger partial charge in [-0.2, -0.15) is 0 Å². The molecule has 1 amide bonds. The van der Waals surface area contributed by atoms with Gasteiger partial charge in [-0.3, -0.25) is 4.79 Å². The zero-order chi connectivity index (χ0) is 11.8. The summed E-state index contributed by atoms with van der Waals surface area (Å²) in [6, 6.07) is 0.182. The van der Waals surface area contributed by atoms with Crippen LogP contribution in [-0.4, -0.2) is 31.7 Å². The van der Waals surface area contributed by atoms with Crippen molar-refractivity contribution in [1.29, 1.82) is 0 Å². The Labute approximate surface area is 97.2 Å². The van der Waals surface area contributed by atoms with Crippen LogP contribution in [-0.2, 0) is 9.53 Å². The molecule has 0 aromatic heterocycles. The van der Waals surface area contributed by atoms with E-state index in [4.69, 9.17) is 10.5 Å². The maximum Gasteiger partial charge on any atom is 0.220 e. The van der Waals surface area contributed by atoms with Gasteiger partial charge in [0.1, 0.15) is 0 Å². The average molecular weight is 226 g/mol. The van der Waals surface area contributed by atoms with E-state index in [9.17, 15) is 4.79 Å². The highest BCUT2D eigenvalue weighted by molar-refractivity contribution is 5.76. The summed E-state index contributed by atoms with van der Waals surface area (Å²) in [6.07, 6.45) is 5.37. The second-order valence-electron chi connectivity index (χ2n) is 4.21. The van der Waals surface area contributed by atoms with Crippen LogP contribution in [0, 0.1) is 5.92 Å². The molecule has 0 aromatic rings. The molecule has 3 N–H and O–H groups in total. The summed E-state index contributed by atoms with van der Waals surface area (Å²) < 4.78 is 5.20. The highest BCUT2D eigenvalue weighted by atomic mass is 16.5. The first-order valence-electron chi connectivity index (χ1n) is 5.96. The Kier molecular flexibility index (Phi) is 6.11. The van der Waals surface area contributed by atoms with E-state index >= 15 is 0 Å². The molecule has 4 nitrogen and oxygen atoms in total. The van der Waals surface area contributed by atoms with Crippen LogP contribution in [0.15, 0.2) is 12.7 Å². The molecule has 1 saturated carbocycles. The monoisotopic (exact) mass is 226 g/mol. The lowest BCUT2D eigenvalue weighted by atomic mass is 10.2. The summed E-state index contributed by atoms with van der Waals surface area (Å²) in [7, 11) is 0. The van der Waals surface area contributed by atoms with Crippen molar-refractivity contribution in [3.63, 3.8) is 0 Å². The molecule has 0 bridgehead atoms. The van der Waals surface area contributed by atoms with Crippen LogP contribution in [0.1, 0.15) is 25.7 Å². The summed E-state index contributed by atoms with van der Waals surface area (Å²) >= 11 is 0. The van der Waals surface area contributed by atoms with Gasteiger partial charge >= 0.3 is 0 Å². The third kappa shape index (κ3) is 5.28. The van der Waals surface area contributed by atoms with E-state index in [0.29, 0.717) is 32.1 Å². The second-order valence-corrected chi connectivity index (χ2v) is 4.21. The molecule has 92 valence electrons. The molecule has 16 heavy (non-hydrogen) atoms. The molecular weight excluding hydrogens is 204 g/mol. The molecule has 1 aliphatic rings. The fourth-order valence-electron chi connectivity index (χ4n) is 1.65. The van der Waals surface area contributed by atoms with Crippen molar-refractivity contribution in [2.24, 2.45) is 11.7 Å². The maximum absolute atomic E-state index is 11.5. The Morgan fingerprint density at radius 3 is 2.94 bits per heavy atom. The number of rotatable bonds is 9. The lowest BCUT2D eigenvalue weighted by Crippen LogP contribution is -2.41. The van der Waals surface area contributed by atoms with Gasteiger partial charge < -0.3 is 15.8 Å². The molecule has 1 fully saturated rings. The smallest absolute Gasteiger partial charge is 0.220 e. The minimum atomic E-state index is 0.0875. The maximum atomic E-state index is 11.5. The fourth-order valence-corrected chi connectivity index (χ4v) is 1.65. The number of nitrogens with one attached hydrogen (secondary N) is 1. The first-order valence-corrected chi connectivity index (χ1v) is 5.96. The Morgan fingerprint density at radius 2 is 2.38 bits per heavy atom. The van der Waals surface area contributed by atoms with Gasteiger partial charge in [0, 0.05) is 25.6 Å². The van der Waals surface area contributed by atoms with Crippen LogP contribution in [0.4, 0.5) is 0 Å². The average Bonchev–Trinajstić information content (AvgIpc) is 3.09. The van der Waals surface area contributed by atoms with Crippen molar-refractivity contribution in [2.75, 3.05) is 19.8 Å². The summed E-state index contributed by atoms with van der Waals surface area (Å²) in [6.45, 7) is 5.26. The predicted molar refractivity (Wildman–Crippen MR) is 64.0 cm³/mol. The quantitative estimate of drug-likeness (QED) is 0.452. The zero-order valence-corrected chi connectivity index (χ0v) is 9.78. The van der Waals surface area contributed by atoms with Crippen molar-refractivity contribution >= 4 is 5.91 Å². The molecule has 0 heterocycles. The second kappa shape index (κ2) is 7.41. The minimum absolute atomic E-state index is 0.0875. The first-order chi connectivity index (χ1) is 7.77. The number of nitrogens with two attached hydrogens (primary N) is 1. The fraction of sp³-hybridized carbons (Fsp3) is 0.750. The van der Waals surface area contributed by atoms with E-state index in [-0.39, 0.29) is 11.9 Å². The third-order valence-corrected chi connectivity index (χ3v) is 2.72. The van der Waals surface area contributed by atoms with Crippen LogP contribution >= 0.6 is 0 Å². The highest BCUT2D eigenvalue weighted by Gasteiger charge is 2.30. The van der Waals surface area contributed by atoms with Crippen molar-refractivity contribution < 1.29 is 9.53 Å². The zero-order valence-electron chi connectivity index (χ0n) is 9.78. The lowest BCUT2D eigenvalue weighted by molar-refractivity contribution is -0.122. The van der Waals surface area contributed by atoms with Crippen molar-refractivity contribution in [3.05, 3.63) is 12.7 Å². The summed E-state index contributed by atoms with van der Waals surface area (Å²) in [5, 5.41) is 2.98. The molecule has 1 aliphatic carbocycles. The van der Waals surface area contributed by atoms with E-state index < -0.39 is 0 Å². The number of carbonyl (C=O) groups excluding carboxylic acids is 1. The number of hydrogen-bond donors (Lipinski definition) is 2. The van der Waals surface area contributed by atoms with E-state index in [1.54, 1.807) is 6.08 Å². The number of ether oxygens (including phenoxy) is 1. The Hall–Kier alpha value is -0.870. The molecule has 1 atom stereocenters. The topological polar surface area (TPSA) is 64.3 Å². The van der Waals surface area contributed by atoms with Gasteiger partial charge in [-0.15, -0.1) is 6.58 Å². The first kappa shape index (κ1) is 13.2. The van der Waals surface area contributed by atoms with Gasteiger partial charge in [0.25, 0.3) is 0 Å². The summed E-state index contributed by atoms with van der Waals surface area (Å²) in [5.74, 6) is 0.704. The molecule has 0 radical (unpaired) electrons. The van der Waals surface area contributed by atoms with Crippen molar-refractivity contribution in [1.82, 2.24) is 5.32 Å². The van der Waals surface area contributed by atoms with Crippen LogP contribution in [0.25, 0.3) is 0 Å². The highest BCUT2D eigenvalue weighted by Crippen LogP contribution is 2.32. The van der Waals surface area contributed by atoms with Gasteiger partial charge in [-0.1, -0.05) is 6.08 Å². The van der Waals surface area contributed by atoms with Gasteiger partial charge in [-0.05, 0) is 25.2 Å². The predicted octanol–water partition coefficient (Wildman–Crippen LogP) is 0.823. The lowest BCUT2D eigenvalue weighted by Gasteiger charge is -2.15. The van der Waals surface area contributed by atoms with Gasteiger partial charge in [0.15, 0.2) is 0 Å². The molecule has 0 aliphatic heterocycles. The molecule has 0 spiro atoms. The molecule has 1 unspecified atom stereocenters. The van der Waals surface area contributed by atoms with Crippen LogP contribution in [0.5, 0.6) is 0 Å². The number of amides is 1. The van der Waals surface area contributed by atoms with Crippen molar-refractivity contribution in [2.45, 2.75) is 31.7 Å². The third-order valence-electron chi connectivity index (χ3n) is 2.72. The Balaban J connectivity index is 2.03. The molecule has 0 aromatic carbocycles. The van der Waals surface area contributed by atoms with E-state index in [2.05, 4.69) is 11.9 Å². The SMILES string of the molecule is C=CCOCCCC(=O)NC(CN)C1CC1. The number of carbonyl (C=O) groups is 1. The summed E-state index contributed by atoms with van der Waals surface area (Å²) in [4.78, 5) is 11.5. The largest absolute Gasteiger partial charge is 0.377 e. The Bertz CT molecular complexity index is 227. The Morgan fingerprint density at radius 1 is 1.62 bits per heavy atom. The minimum Gasteiger partial charge on any atom is -0.377 e. The van der Waals surface area contributed by atoms with Gasteiger partial charge in [0.2, 0.25) is 5.91 Å². The normalized spacial score (nSPS) is 16.8. The van der Waals surface area contributed by atoms with Crippen molar-refractivity contribution in [3.8, 4) is 0 Å². The van der Waals surface area contributed by atoms with Gasteiger partial charge in [0.05, 0.1) is 6.61 Å². The molecule has 1 rings (SSSR count). The number of hydrogen-bond acceptors (Lipinski definition) is 3. The molecular formula is C12H22N2O2. The van der Waals surface area contributed by atoms with Crippen LogP contribution in [0.2, 0.25) is 0 Å². The van der Waals surface area contributed by atoms with E-state index in [0.717, 1.165) is 6.42 Å². The van der Waals surface area contributed by atoms with Crippen LogP contribution < -0.4 is 11.1 Å². The summed E-state index contributed by atoms with van der Waals surface area (Å²) in [5.41, 5.74) is 5.61. The molecule has 0 saturated heterocycles. The van der Waals surface area contributed by atoms with E-state index in [1.165, 1.54) is 12.8 Å².